The molecular weight excluding hydrogens is 256 g/mol. The van der Waals surface area contributed by atoms with Crippen LogP contribution < -0.4 is 16.2 Å². The van der Waals surface area contributed by atoms with Crippen molar-refractivity contribution in [3.63, 3.8) is 0 Å². The number of aryl methyl sites for hydroxylation is 1. The van der Waals surface area contributed by atoms with Gasteiger partial charge >= 0.3 is 0 Å². The molecule has 7 heteroatoms. The molecule has 0 saturated heterocycles. The molecule has 4 N–H and O–H groups in total. The molecule has 0 amide bonds. The van der Waals surface area contributed by atoms with Crippen molar-refractivity contribution >= 4 is 22.5 Å². The quantitative estimate of drug-likeness (QED) is 0.727. The molecule has 1 aromatic carbocycles. The molecule has 3 rings (SSSR count). The van der Waals surface area contributed by atoms with Gasteiger partial charge in [0, 0.05) is 0 Å². The van der Waals surface area contributed by atoms with Crippen molar-refractivity contribution in [1.82, 2.24) is 20.0 Å². The normalized spacial score (nSPS) is 10.9. The number of nitrogens with two attached hydrogens (primary N) is 2. The molecule has 0 aliphatic heterocycles. The molecule has 2 heterocycles. The lowest BCUT2D eigenvalue weighted by molar-refractivity contribution is 0.414. The number of anilines is 2. The second-order valence-electron chi connectivity index (χ2n) is 4.39. The molecule has 0 fully saturated rings. The summed E-state index contributed by atoms with van der Waals surface area (Å²) in [4.78, 5) is 0. The Morgan fingerprint density at radius 3 is 2.40 bits per heavy atom. The minimum atomic E-state index is 0.280. The Kier molecular flexibility index (Phi) is 2.67. The molecule has 0 saturated carbocycles. The number of methoxy groups -OCH3 is 1. The number of ether oxygens (including phenoxy) is 1. The molecular formula is C13H14N6O. The van der Waals surface area contributed by atoms with E-state index in [2.05, 4.69) is 15.3 Å². The lowest BCUT2D eigenvalue weighted by Crippen LogP contribution is -2.02. The Bertz CT molecular complexity index is 778. The Hall–Kier alpha value is -2.83. The lowest BCUT2D eigenvalue weighted by atomic mass is 10.2. The second-order valence-corrected chi connectivity index (χ2v) is 4.39. The fourth-order valence-electron chi connectivity index (χ4n) is 2.08. The zero-order valence-corrected chi connectivity index (χ0v) is 11.2. The number of nitrogen functional groups attached to an aromatic ring is 2. The Morgan fingerprint density at radius 2 is 1.80 bits per heavy atom. The summed E-state index contributed by atoms with van der Waals surface area (Å²) in [6.45, 7) is 1.82. The molecule has 7 nitrogen and oxygen atoms in total. The summed E-state index contributed by atoms with van der Waals surface area (Å²) in [6, 6.07) is 7.42. The highest BCUT2D eigenvalue weighted by atomic mass is 16.5. The summed E-state index contributed by atoms with van der Waals surface area (Å²) in [5.41, 5.74) is 14.1. The van der Waals surface area contributed by atoms with Gasteiger partial charge in [0.1, 0.15) is 17.1 Å². The first-order valence-electron chi connectivity index (χ1n) is 6.03. The summed E-state index contributed by atoms with van der Waals surface area (Å²) in [5, 5.41) is 12.9. The molecule has 0 atom stereocenters. The highest BCUT2D eigenvalue weighted by molar-refractivity contribution is 5.98. The summed E-state index contributed by atoms with van der Waals surface area (Å²) < 4.78 is 6.75. The lowest BCUT2D eigenvalue weighted by Gasteiger charge is -2.05. The number of benzene rings is 1. The van der Waals surface area contributed by atoms with Crippen LogP contribution in [0.3, 0.4) is 0 Å². The van der Waals surface area contributed by atoms with Crippen LogP contribution in [0.1, 0.15) is 5.69 Å². The van der Waals surface area contributed by atoms with Gasteiger partial charge in [-0.15, -0.1) is 5.10 Å². The molecule has 0 aliphatic carbocycles. The number of hydrogen-bond acceptors (Lipinski definition) is 6. The van der Waals surface area contributed by atoms with E-state index < -0.39 is 0 Å². The van der Waals surface area contributed by atoms with Crippen molar-refractivity contribution in [3.05, 3.63) is 30.0 Å². The summed E-state index contributed by atoms with van der Waals surface area (Å²) >= 11 is 0. The molecule has 2 aromatic heterocycles. The summed E-state index contributed by atoms with van der Waals surface area (Å²) in [5.74, 6) is 1.49. The molecule has 0 spiro atoms. The van der Waals surface area contributed by atoms with Crippen LogP contribution in [0, 0.1) is 6.92 Å². The van der Waals surface area contributed by atoms with Crippen molar-refractivity contribution in [3.8, 4) is 11.4 Å². The number of nitrogens with zero attached hydrogens (tertiary/aromatic N) is 4. The first kappa shape index (κ1) is 12.2. The van der Waals surface area contributed by atoms with E-state index in [1.54, 1.807) is 11.8 Å². The number of hydrogen-bond donors (Lipinski definition) is 2. The maximum atomic E-state index is 6.13. The van der Waals surface area contributed by atoms with E-state index in [-0.39, 0.29) is 5.82 Å². The zero-order valence-electron chi connectivity index (χ0n) is 11.2. The van der Waals surface area contributed by atoms with E-state index in [1.807, 2.05) is 31.2 Å². The molecule has 20 heavy (non-hydrogen) atoms. The van der Waals surface area contributed by atoms with Gasteiger partial charge in [-0.1, -0.05) is 0 Å². The smallest absolute Gasteiger partial charge is 0.159 e. The minimum absolute atomic E-state index is 0.280. The van der Waals surface area contributed by atoms with Gasteiger partial charge in [-0.05, 0) is 31.2 Å². The van der Waals surface area contributed by atoms with Crippen LogP contribution in [0.15, 0.2) is 24.3 Å². The predicted molar refractivity (Wildman–Crippen MR) is 76.8 cm³/mol. The van der Waals surface area contributed by atoms with Crippen LogP contribution in [-0.2, 0) is 0 Å². The molecule has 0 bridgehead atoms. The van der Waals surface area contributed by atoms with E-state index >= 15 is 0 Å². The second kappa shape index (κ2) is 4.37. The average Bonchev–Trinajstić information content (AvgIpc) is 2.82. The van der Waals surface area contributed by atoms with E-state index in [9.17, 15) is 0 Å². The van der Waals surface area contributed by atoms with Crippen molar-refractivity contribution in [2.24, 2.45) is 0 Å². The van der Waals surface area contributed by atoms with E-state index in [4.69, 9.17) is 16.2 Å². The van der Waals surface area contributed by atoms with Crippen LogP contribution in [0.2, 0.25) is 0 Å². The van der Waals surface area contributed by atoms with Crippen molar-refractivity contribution < 1.29 is 4.74 Å². The summed E-state index contributed by atoms with van der Waals surface area (Å²) in [6.07, 6.45) is 0. The molecule has 102 valence electrons. The van der Waals surface area contributed by atoms with Gasteiger partial charge in [-0.2, -0.15) is 10.2 Å². The first-order valence-corrected chi connectivity index (χ1v) is 6.03. The van der Waals surface area contributed by atoms with Crippen molar-refractivity contribution in [1.29, 1.82) is 0 Å². The number of rotatable bonds is 2. The van der Waals surface area contributed by atoms with E-state index in [0.29, 0.717) is 22.4 Å². The van der Waals surface area contributed by atoms with Gasteiger partial charge in [-0.25, -0.2) is 4.68 Å². The fraction of sp³-hybridized carbons (Fsp3) is 0.154. The Labute approximate surface area is 115 Å². The van der Waals surface area contributed by atoms with Crippen LogP contribution in [0.5, 0.6) is 5.75 Å². The zero-order chi connectivity index (χ0) is 14.3. The van der Waals surface area contributed by atoms with Crippen LogP contribution in [0.4, 0.5) is 11.6 Å². The number of fused-ring (bicyclic) bond motifs is 1. The molecule has 0 unspecified atom stereocenters. The molecule has 3 aromatic rings. The third kappa shape index (κ3) is 1.71. The van der Waals surface area contributed by atoms with Crippen LogP contribution >= 0.6 is 0 Å². The van der Waals surface area contributed by atoms with Gasteiger partial charge in [-0.3, -0.25) is 0 Å². The first-order chi connectivity index (χ1) is 9.61. The highest BCUT2D eigenvalue weighted by Crippen LogP contribution is 2.28. The van der Waals surface area contributed by atoms with Gasteiger partial charge in [0.15, 0.2) is 5.82 Å². The fourth-order valence-corrected chi connectivity index (χ4v) is 2.08. The molecule has 0 aliphatic rings. The maximum Gasteiger partial charge on any atom is 0.159 e. The van der Waals surface area contributed by atoms with Crippen molar-refractivity contribution in [2.75, 3.05) is 18.6 Å². The van der Waals surface area contributed by atoms with Crippen molar-refractivity contribution in [2.45, 2.75) is 6.92 Å². The maximum absolute atomic E-state index is 6.13. The van der Waals surface area contributed by atoms with Gasteiger partial charge < -0.3 is 16.2 Å². The van der Waals surface area contributed by atoms with Crippen LogP contribution in [-0.4, -0.2) is 27.1 Å². The standard InChI is InChI=1S/C13H14N6O/c1-7-11-10(12(14)17-16-7)13(15)19(18-11)8-3-5-9(20-2)6-4-8/h3-6H,15H2,1-2H3,(H2,14,17). The van der Waals surface area contributed by atoms with E-state index in [0.717, 1.165) is 11.4 Å². The third-order valence-electron chi connectivity index (χ3n) is 3.14. The monoisotopic (exact) mass is 270 g/mol. The topological polar surface area (TPSA) is 105 Å². The SMILES string of the molecule is COc1ccc(-n2nc3c(C)nnc(N)c3c2N)cc1. The highest BCUT2D eigenvalue weighted by Gasteiger charge is 2.16. The largest absolute Gasteiger partial charge is 0.497 e. The predicted octanol–water partition coefficient (Wildman–Crippen LogP) is 1.30. The minimum Gasteiger partial charge on any atom is -0.497 e. The van der Waals surface area contributed by atoms with Gasteiger partial charge in [0.25, 0.3) is 0 Å². The Morgan fingerprint density at radius 1 is 1.10 bits per heavy atom. The third-order valence-corrected chi connectivity index (χ3v) is 3.14. The Balaban J connectivity index is 2.23. The van der Waals surface area contributed by atoms with Gasteiger partial charge in [0.05, 0.1) is 23.9 Å². The number of aromatic nitrogens is 4. The van der Waals surface area contributed by atoms with E-state index in [1.165, 1.54) is 0 Å². The van der Waals surface area contributed by atoms with Gasteiger partial charge in [0.2, 0.25) is 0 Å². The average molecular weight is 270 g/mol. The summed E-state index contributed by atoms with van der Waals surface area (Å²) in [7, 11) is 1.62. The molecule has 0 radical (unpaired) electrons. The van der Waals surface area contributed by atoms with Crippen LogP contribution in [0.25, 0.3) is 16.6 Å².